The normalized spacial score (nSPS) is 13.2. The highest BCUT2D eigenvalue weighted by molar-refractivity contribution is 5.23. The van der Waals surface area contributed by atoms with Crippen molar-refractivity contribution in [3.05, 3.63) is 23.8 Å². The first-order valence-electron chi connectivity index (χ1n) is 6.88. The van der Waals surface area contributed by atoms with E-state index in [0.29, 0.717) is 25.7 Å². The molecule has 19 heavy (non-hydrogen) atoms. The van der Waals surface area contributed by atoms with Crippen molar-refractivity contribution in [2.45, 2.75) is 39.9 Å². The van der Waals surface area contributed by atoms with Gasteiger partial charge in [-0.05, 0) is 26.3 Å². The summed E-state index contributed by atoms with van der Waals surface area (Å²) in [5.41, 5.74) is 7.70. The maximum Gasteiger partial charge on any atom is 0.201 e. The molecule has 0 saturated carbocycles. The van der Waals surface area contributed by atoms with E-state index < -0.39 is 6.29 Å². The van der Waals surface area contributed by atoms with Crippen LogP contribution in [0.25, 0.3) is 0 Å². The zero-order valence-electron chi connectivity index (χ0n) is 12.3. The molecule has 0 aliphatic rings. The summed E-state index contributed by atoms with van der Waals surface area (Å²) in [7, 11) is 0. The Kier molecular flexibility index (Phi) is 6.91. The van der Waals surface area contributed by atoms with E-state index in [4.69, 9.17) is 15.2 Å². The third-order valence-electron chi connectivity index (χ3n) is 3.09. The van der Waals surface area contributed by atoms with Gasteiger partial charge in [-0.15, -0.1) is 0 Å². The molecule has 5 heteroatoms. The minimum absolute atomic E-state index is 0.208. The van der Waals surface area contributed by atoms with Crippen molar-refractivity contribution >= 4 is 0 Å². The van der Waals surface area contributed by atoms with E-state index in [0.717, 1.165) is 11.3 Å². The van der Waals surface area contributed by atoms with Gasteiger partial charge in [0.2, 0.25) is 6.29 Å². The topological polar surface area (TPSA) is 70.3 Å². The quantitative estimate of drug-likeness (QED) is 0.731. The van der Waals surface area contributed by atoms with Crippen molar-refractivity contribution in [2.75, 3.05) is 19.8 Å². The first-order chi connectivity index (χ1) is 9.15. The number of nitrogens with two attached hydrogens (primary N) is 1. The molecule has 2 N–H and O–H groups in total. The van der Waals surface area contributed by atoms with Crippen LogP contribution in [0.3, 0.4) is 0 Å². The third-order valence-corrected chi connectivity index (χ3v) is 3.09. The molecule has 1 atom stereocenters. The average molecular weight is 267 g/mol. The Balaban J connectivity index is 3.11. The fourth-order valence-corrected chi connectivity index (χ4v) is 2.10. The largest absolute Gasteiger partial charge is 0.347 e. The maximum atomic E-state index is 5.89. The van der Waals surface area contributed by atoms with Gasteiger partial charge in [-0.1, -0.05) is 13.8 Å². The predicted octanol–water partition coefficient (Wildman–Crippen LogP) is 2.25. The lowest BCUT2D eigenvalue weighted by molar-refractivity contribution is -0.143. The Bertz CT molecular complexity index is 365. The van der Waals surface area contributed by atoms with Crippen LogP contribution in [0.4, 0.5) is 0 Å². The molecule has 108 valence electrons. The molecule has 1 aromatic heterocycles. The fraction of sp³-hybridized carbons (Fsp3) is 0.714. The van der Waals surface area contributed by atoms with Gasteiger partial charge in [0.1, 0.15) is 12.0 Å². The molecule has 0 aliphatic carbocycles. The van der Waals surface area contributed by atoms with Crippen molar-refractivity contribution < 1.29 is 9.47 Å². The highest BCUT2D eigenvalue weighted by Crippen LogP contribution is 2.29. The van der Waals surface area contributed by atoms with Crippen molar-refractivity contribution in [3.63, 3.8) is 0 Å². The first kappa shape index (κ1) is 16.0. The Morgan fingerprint density at radius 2 is 1.84 bits per heavy atom. The van der Waals surface area contributed by atoms with Crippen molar-refractivity contribution in [3.8, 4) is 0 Å². The molecule has 0 saturated heterocycles. The Hall–Kier alpha value is -1.04. The zero-order valence-corrected chi connectivity index (χ0v) is 12.3. The lowest BCUT2D eigenvalue weighted by Crippen LogP contribution is -2.22. The molecule has 5 nitrogen and oxygen atoms in total. The molecule has 1 unspecified atom stereocenters. The van der Waals surface area contributed by atoms with Gasteiger partial charge in [0.05, 0.1) is 0 Å². The number of hydrogen-bond acceptors (Lipinski definition) is 5. The van der Waals surface area contributed by atoms with Crippen LogP contribution in [0, 0.1) is 5.92 Å². The van der Waals surface area contributed by atoms with Crippen LogP contribution in [0.2, 0.25) is 0 Å². The van der Waals surface area contributed by atoms with Gasteiger partial charge in [-0.25, -0.2) is 9.97 Å². The highest BCUT2D eigenvalue weighted by Gasteiger charge is 2.24. The summed E-state index contributed by atoms with van der Waals surface area (Å²) in [6.07, 6.45) is 2.91. The minimum Gasteiger partial charge on any atom is -0.347 e. The van der Waals surface area contributed by atoms with Crippen molar-refractivity contribution in [1.29, 1.82) is 0 Å². The molecule has 0 fully saturated rings. The summed E-state index contributed by atoms with van der Waals surface area (Å²) in [6.45, 7) is 9.87. The van der Waals surface area contributed by atoms with E-state index >= 15 is 0 Å². The molecule has 0 spiro atoms. The van der Waals surface area contributed by atoms with E-state index in [2.05, 4.69) is 23.8 Å². The molecule has 1 rings (SSSR count). The van der Waals surface area contributed by atoms with Crippen molar-refractivity contribution in [1.82, 2.24) is 9.97 Å². The number of rotatable bonds is 8. The van der Waals surface area contributed by atoms with Gasteiger partial charge in [0.25, 0.3) is 0 Å². The number of aromatic nitrogens is 2. The van der Waals surface area contributed by atoms with E-state index in [9.17, 15) is 0 Å². The van der Waals surface area contributed by atoms with E-state index in [1.807, 2.05) is 20.0 Å². The van der Waals surface area contributed by atoms with Gasteiger partial charge < -0.3 is 15.2 Å². The standard InChI is InChI=1S/C14H25N3O2/c1-5-18-14(19-6-2)13-12(8-16-9-17-13)11(7-15)10(3)4/h8-11,14H,5-7,15H2,1-4H3. The molecular formula is C14H25N3O2. The van der Waals surface area contributed by atoms with Crippen molar-refractivity contribution in [2.24, 2.45) is 11.7 Å². The second-order valence-electron chi connectivity index (χ2n) is 4.69. The van der Waals surface area contributed by atoms with Crippen LogP contribution in [0.5, 0.6) is 0 Å². The molecule has 0 radical (unpaired) electrons. The summed E-state index contributed by atoms with van der Waals surface area (Å²) in [5, 5.41) is 0. The number of hydrogen-bond donors (Lipinski definition) is 1. The zero-order chi connectivity index (χ0) is 14.3. The first-order valence-corrected chi connectivity index (χ1v) is 6.88. The average Bonchev–Trinajstić information content (AvgIpc) is 2.39. The maximum absolute atomic E-state index is 5.89. The van der Waals surface area contributed by atoms with Gasteiger partial charge in [0.15, 0.2) is 0 Å². The Labute approximate surface area is 115 Å². The van der Waals surface area contributed by atoms with Gasteiger partial charge in [0, 0.05) is 30.9 Å². The SMILES string of the molecule is CCOC(OCC)c1ncncc1C(CN)C(C)C. The highest BCUT2D eigenvalue weighted by atomic mass is 16.7. The van der Waals surface area contributed by atoms with Crippen LogP contribution >= 0.6 is 0 Å². The molecule has 0 bridgehead atoms. The smallest absolute Gasteiger partial charge is 0.201 e. The summed E-state index contributed by atoms with van der Waals surface area (Å²) < 4.78 is 11.3. The monoisotopic (exact) mass is 267 g/mol. The Morgan fingerprint density at radius 1 is 1.21 bits per heavy atom. The summed E-state index contributed by atoms with van der Waals surface area (Å²) >= 11 is 0. The van der Waals surface area contributed by atoms with Gasteiger partial charge in [-0.3, -0.25) is 0 Å². The van der Waals surface area contributed by atoms with Crippen LogP contribution in [0.1, 0.15) is 51.2 Å². The van der Waals surface area contributed by atoms with E-state index in [1.165, 1.54) is 6.33 Å². The summed E-state index contributed by atoms with van der Waals surface area (Å²) in [4.78, 5) is 8.47. The van der Waals surface area contributed by atoms with Gasteiger partial charge >= 0.3 is 0 Å². The lowest BCUT2D eigenvalue weighted by Gasteiger charge is -2.24. The van der Waals surface area contributed by atoms with E-state index in [-0.39, 0.29) is 5.92 Å². The van der Waals surface area contributed by atoms with Crippen LogP contribution in [-0.2, 0) is 9.47 Å². The molecule has 0 aliphatic heterocycles. The van der Waals surface area contributed by atoms with E-state index in [1.54, 1.807) is 0 Å². The lowest BCUT2D eigenvalue weighted by atomic mass is 9.88. The number of nitrogens with zero attached hydrogens (tertiary/aromatic N) is 2. The summed E-state index contributed by atoms with van der Waals surface area (Å²) in [5.74, 6) is 0.623. The minimum atomic E-state index is -0.444. The third kappa shape index (κ3) is 4.23. The predicted molar refractivity (Wildman–Crippen MR) is 74.7 cm³/mol. The Morgan fingerprint density at radius 3 is 2.32 bits per heavy atom. The summed E-state index contributed by atoms with van der Waals surface area (Å²) in [6, 6.07) is 0. The molecular weight excluding hydrogens is 242 g/mol. The molecule has 1 aromatic rings. The second-order valence-corrected chi connectivity index (χ2v) is 4.69. The molecule has 0 amide bonds. The number of ether oxygens (including phenoxy) is 2. The molecule has 1 heterocycles. The second kappa shape index (κ2) is 8.19. The van der Waals surface area contributed by atoms with Crippen LogP contribution in [-0.4, -0.2) is 29.7 Å². The van der Waals surface area contributed by atoms with Crippen LogP contribution < -0.4 is 5.73 Å². The van der Waals surface area contributed by atoms with Gasteiger partial charge in [-0.2, -0.15) is 0 Å². The van der Waals surface area contributed by atoms with Crippen LogP contribution in [0.15, 0.2) is 12.5 Å². The fourth-order valence-electron chi connectivity index (χ4n) is 2.10. The molecule has 0 aromatic carbocycles.